The van der Waals surface area contributed by atoms with Gasteiger partial charge in [0, 0.05) is 27.9 Å². The van der Waals surface area contributed by atoms with Gasteiger partial charge in [-0.05, 0) is 159 Å². The molecule has 4 saturated carbocycles. The summed E-state index contributed by atoms with van der Waals surface area (Å²) in [5.74, 6) is 3.40. The number of hydrogen-bond acceptors (Lipinski definition) is 1. The summed E-state index contributed by atoms with van der Waals surface area (Å²) >= 11 is 0. The molecule has 0 saturated heterocycles. The first kappa shape index (κ1) is 32.6. The quantitative estimate of drug-likeness (QED) is 0.171. The minimum absolute atomic E-state index is 0.0773. The molecule has 1 spiro atoms. The Kier molecular flexibility index (Phi) is 6.93. The van der Waals surface area contributed by atoms with E-state index in [1.54, 1.807) is 11.1 Å². The Labute approximate surface area is 331 Å². The van der Waals surface area contributed by atoms with Crippen LogP contribution in [0.15, 0.2) is 164 Å². The van der Waals surface area contributed by atoms with Gasteiger partial charge >= 0.3 is 0 Å². The summed E-state index contributed by atoms with van der Waals surface area (Å²) in [6, 6.07) is 62.2. The van der Waals surface area contributed by atoms with Crippen LogP contribution < -0.4 is 4.90 Å². The van der Waals surface area contributed by atoms with E-state index in [0.29, 0.717) is 0 Å². The summed E-state index contributed by atoms with van der Waals surface area (Å²) in [5.41, 5.74) is 20.3. The first-order valence-electron chi connectivity index (χ1n) is 21.0. The fourth-order valence-corrected chi connectivity index (χ4v) is 12.9. The average molecular weight is 722 g/mol. The van der Waals surface area contributed by atoms with Crippen LogP contribution in [-0.4, -0.2) is 0 Å². The van der Waals surface area contributed by atoms with E-state index in [0.717, 1.165) is 23.7 Å². The predicted octanol–water partition coefficient (Wildman–Crippen LogP) is 14.5. The van der Waals surface area contributed by atoms with E-state index in [4.69, 9.17) is 0 Å². The van der Waals surface area contributed by atoms with Crippen molar-refractivity contribution >= 4 is 17.1 Å². The zero-order valence-electron chi connectivity index (χ0n) is 32.4. The Morgan fingerprint density at radius 2 is 0.839 bits per heavy atom. The standard InChI is InChI=1S/C55H47N/c1-54(2)50-14-8-6-12-46(50)48-26-24-45(34-53(48)54)56(43-22-20-40(21-23-43)39-18-16-38(17-19-39)37-10-4-3-5-11-37)44-25-27-52-49(33-44)47-13-7-9-15-51(47)55(52)41-29-35-28-36(31-41)32-42(55)30-35/h3-27,33-36,41-42H,28-32H2,1-2H3. The molecule has 0 aromatic heterocycles. The molecule has 0 heterocycles. The second kappa shape index (κ2) is 11.9. The summed E-state index contributed by atoms with van der Waals surface area (Å²) in [7, 11) is 0. The summed E-state index contributed by atoms with van der Waals surface area (Å²) < 4.78 is 0. The average Bonchev–Trinajstić information content (AvgIpc) is 3.66. The highest BCUT2D eigenvalue weighted by molar-refractivity contribution is 5.90. The molecular formula is C55H47N. The van der Waals surface area contributed by atoms with Gasteiger partial charge in [0.25, 0.3) is 0 Å². The second-order valence-corrected chi connectivity index (χ2v) is 18.2. The van der Waals surface area contributed by atoms with Crippen LogP contribution in [0.5, 0.6) is 0 Å². The van der Waals surface area contributed by atoms with Gasteiger partial charge in [-0.1, -0.05) is 141 Å². The van der Waals surface area contributed by atoms with Gasteiger partial charge in [-0.2, -0.15) is 0 Å². The lowest BCUT2D eigenvalue weighted by Gasteiger charge is -2.61. The third-order valence-corrected chi connectivity index (χ3v) is 15.1. The smallest absolute Gasteiger partial charge is 0.0468 e. The van der Waals surface area contributed by atoms with Crippen molar-refractivity contribution in [1.29, 1.82) is 0 Å². The van der Waals surface area contributed by atoms with Crippen molar-refractivity contribution < 1.29 is 0 Å². The highest BCUT2D eigenvalue weighted by Gasteiger charge is 2.61. The number of nitrogens with zero attached hydrogens (tertiary/aromatic N) is 1. The van der Waals surface area contributed by atoms with Crippen LogP contribution in [-0.2, 0) is 10.8 Å². The number of anilines is 3. The SMILES string of the molecule is CC1(C)c2ccccc2-c2ccc(N(c3ccc(-c4ccc(-c5ccccc5)cc4)cc3)c3ccc4c(c3)-c3ccccc3C43C4CC5CC(C4)CC3C5)cc21. The maximum Gasteiger partial charge on any atom is 0.0468 e. The third-order valence-electron chi connectivity index (χ3n) is 15.1. The molecule has 1 heteroatoms. The minimum atomic E-state index is -0.0773. The molecular weight excluding hydrogens is 675 g/mol. The van der Waals surface area contributed by atoms with E-state index in [1.165, 1.54) is 105 Å². The molecule has 6 aliphatic carbocycles. The van der Waals surface area contributed by atoms with Gasteiger partial charge in [-0.3, -0.25) is 0 Å². The largest absolute Gasteiger partial charge is 0.310 e. The first-order chi connectivity index (χ1) is 27.5. The molecule has 13 rings (SSSR count). The van der Waals surface area contributed by atoms with E-state index >= 15 is 0 Å². The lowest BCUT2D eigenvalue weighted by molar-refractivity contribution is -0.0399. The zero-order valence-corrected chi connectivity index (χ0v) is 32.4. The number of fused-ring (bicyclic) bond motifs is 6. The van der Waals surface area contributed by atoms with Gasteiger partial charge < -0.3 is 4.90 Å². The van der Waals surface area contributed by atoms with Crippen molar-refractivity contribution in [2.24, 2.45) is 23.7 Å². The third kappa shape index (κ3) is 4.55. The summed E-state index contributed by atoms with van der Waals surface area (Å²) in [6.07, 6.45) is 7.10. The molecule has 4 fully saturated rings. The Hall–Kier alpha value is -5.66. The monoisotopic (exact) mass is 721 g/mol. The lowest BCUT2D eigenvalue weighted by Crippen LogP contribution is -2.55. The Morgan fingerprint density at radius 1 is 0.375 bits per heavy atom. The van der Waals surface area contributed by atoms with Crippen LogP contribution in [0.25, 0.3) is 44.5 Å². The van der Waals surface area contributed by atoms with Gasteiger partial charge in [0.1, 0.15) is 0 Å². The Balaban J connectivity index is 0.989. The van der Waals surface area contributed by atoms with Crippen LogP contribution >= 0.6 is 0 Å². The van der Waals surface area contributed by atoms with Gasteiger partial charge in [0.15, 0.2) is 0 Å². The summed E-state index contributed by atoms with van der Waals surface area (Å²) in [6.45, 7) is 4.78. The lowest BCUT2D eigenvalue weighted by atomic mass is 9.43. The summed E-state index contributed by atoms with van der Waals surface area (Å²) in [4.78, 5) is 2.52. The maximum atomic E-state index is 2.57. The second-order valence-electron chi connectivity index (χ2n) is 18.2. The molecule has 6 aliphatic rings. The van der Waals surface area contributed by atoms with Crippen LogP contribution in [0.3, 0.4) is 0 Å². The van der Waals surface area contributed by atoms with Gasteiger partial charge in [-0.25, -0.2) is 0 Å². The van der Waals surface area contributed by atoms with Crippen molar-refractivity contribution in [1.82, 2.24) is 0 Å². The van der Waals surface area contributed by atoms with Crippen LogP contribution in [0.4, 0.5) is 17.1 Å². The van der Waals surface area contributed by atoms with E-state index < -0.39 is 0 Å². The molecule has 0 aliphatic heterocycles. The molecule has 1 nitrogen and oxygen atoms in total. The highest BCUT2D eigenvalue weighted by Crippen LogP contribution is 2.69. The van der Waals surface area contributed by atoms with E-state index in [2.05, 4.69) is 183 Å². The van der Waals surface area contributed by atoms with E-state index in [1.807, 2.05) is 0 Å². The molecule has 0 radical (unpaired) electrons. The predicted molar refractivity (Wildman–Crippen MR) is 233 cm³/mol. The molecule has 56 heavy (non-hydrogen) atoms. The van der Waals surface area contributed by atoms with E-state index in [9.17, 15) is 0 Å². The Bertz CT molecular complexity index is 2630. The first-order valence-corrected chi connectivity index (χ1v) is 21.0. The normalized spacial score (nSPS) is 24.1. The molecule has 0 amide bonds. The fraction of sp³-hybridized carbons (Fsp3) is 0.236. The fourth-order valence-electron chi connectivity index (χ4n) is 12.9. The molecule has 272 valence electrons. The minimum Gasteiger partial charge on any atom is -0.310 e. The highest BCUT2D eigenvalue weighted by atomic mass is 15.1. The van der Waals surface area contributed by atoms with Gasteiger partial charge in [0.2, 0.25) is 0 Å². The van der Waals surface area contributed by atoms with Crippen molar-refractivity contribution in [3.8, 4) is 44.5 Å². The summed E-state index contributed by atoms with van der Waals surface area (Å²) in [5, 5.41) is 0. The van der Waals surface area contributed by atoms with Crippen molar-refractivity contribution in [3.05, 3.63) is 186 Å². The van der Waals surface area contributed by atoms with Crippen molar-refractivity contribution in [2.45, 2.75) is 56.8 Å². The number of benzene rings is 7. The number of rotatable bonds is 5. The topological polar surface area (TPSA) is 3.24 Å². The molecule has 0 N–H and O–H groups in total. The Morgan fingerprint density at radius 3 is 1.50 bits per heavy atom. The molecule has 7 aromatic carbocycles. The van der Waals surface area contributed by atoms with Crippen LogP contribution in [0, 0.1) is 23.7 Å². The number of hydrogen-bond donors (Lipinski definition) is 0. The van der Waals surface area contributed by atoms with E-state index in [-0.39, 0.29) is 10.8 Å². The van der Waals surface area contributed by atoms with Crippen LogP contribution in [0.1, 0.15) is 68.2 Å². The van der Waals surface area contributed by atoms with Crippen molar-refractivity contribution in [3.63, 3.8) is 0 Å². The molecule has 4 bridgehead atoms. The van der Waals surface area contributed by atoms with Crippen molar-refractivity contribution in [2.75, 3.05) is 4.90 Å². The molecule has 7 aromatic rings. The molecule has 0 unspecified atom stereocenters. The van der Waals surface area contributed by atoms with Crippen LogP contribution in [0.2, 0.25) is 0 Å². The van der Waals surface area contributed by atoms with Gasteiger partial charge in [0.05, 0.1) is 0 Å². The zero-order chi connectivity index (χ0) is 37.2. The van der Waals surface area contributed by atoms with Gasteiger partial charge in [-0.15, -0.1) is 0 Å². The molecule has 0 atom stereocenters. The maximum absolute atomic E-state index is 2.57.